The van der Waals surface area contributed by atoms with E-state index in [1.807, 2.05) is 0 Å². The minimum atomic E-state index is -0.544. The number of aryl methyl sites for hydroxylation is 1. The maximum atomic E-state index is 11.7. The van der Waals surface area contributed by atoms with Crippen LogP contribution in [0.4, 0.5) is 0 Å². The number of halogens is 1. The monoisotopic (exact) mass is 265 g/mol. The second-order valence-electron chi connectivity index (χ2n) is 3.32. The summed E-state index contributed by atoms with van der Waals surface area (Å²) < 4.78 is 0. The van der Waals surface area contributed by atoms with Crippen molar-refractivity contribution in [1.82, 2.24) is 4.98 Å². The molecule has 1 aromatic rings. The summed E-state index contributed by atoms with van der Waals surface area (Å²) in [6.45, 7) is 0. The van der Waals surface area contributed by atoms with E-state index >= 15 is 0 Å². The molecule has 0 saturated carbocycles. The van der Waals surface area contributed by atoms with E-state index < -0.39 is 5.88 Å². The standard InChI is InChI=1S/C10H7BrN2O2/c11-7-1-2-8-6(9(7)14)3-5(4-12)10(15)13-8/h3,7H,1-2H2,(H,13,15)/p-1/t7-/m1/s1. The van der Waals surface area contributed by atoms with Gasteiger partial charge < -0.3 is 5.11 Å². The molecule has 0 N–H and O–H groups in total. The zero-order valence-electron chi connectivity index (χ0n) is 7.66. The van der Waals surface area contributed by atoms with Crippen LogP contribution in [0.1, 0.15) is 28.0 Å². The van der Waals surface area contributed by atoms with E-state index in [1.54, 1.807) is 6.07 Å². The van der Waals surface area contributed by atoms with Crippen molar-refractivity contribution in [3.05, 3.63) is 22.9 Å². The van der Waals surface area contributed by atoms with Crippen molar-refractivity contribution in [3.63, 3.8) is 0 Å². The summed E-state index contributed by atoms with van der Waals surface area (Å²) >= 11 is 3.25. The smallest absolute Gasteiger partial charge is 0.178 e. The third kappa shape index (κ3) is 1.61. The number of carbonyl (C=O) groups is 1. The van der Waals surface area contributed by atoms with E-state index in [4.69, 9.17) is 5.26 Å². The van der Waals surface area contributed by atoms with Crippen molar-refractivity contribution in [2.24, 2.45) is 0 Å². The second kappa shape index (κ2) is 3.63. The van der Waals surface area contributed by atoms with Gasteiger partial charge in [-0.3, -0.25) is 9.78 Å². The highest BCUT2D eigenvalue weighted by molar-refractivity contribution is 9.10. The van der Waals surface area contributed by atoms with Crippen LogP contribution in [-0.2, 0) is 6.42 Å². The number of alkyl halides is 1. The first-order chi connectivity index (χ1) is 7.13. The molecule has 5 heteroatoms. The molecule has 0 amide bonds. The topological polar surface area (TPSA) is 76.8 Å². The molecule has 0 aromatic carbocycles. The molecule has 0 spiro atoms. The lowest BCUT2D eigenvalue weighted by Crippen LogP contribution is -2.24. The van der Waals surface area contributed by atoms with Crippen LogP contribution in [0.2, 0.25) is 0 Å². The lowest BCUT2D eigenvalue weighted by molar-refractivity contribution is -0.275. The molecule has 0 unspecified atom stereocenters. The van der Waals surface area contributed by atoms with Crippen molar-refractivity contribution in [3.8, 4) is 11.9 Å². The number of hydrogen-bond donors (Lipinski definition) is 0. The second-order valence-corrected chi connectivity index (χ2v) is 4.42. The first-order valence-electron chi connectivity index (χ1n) is 4.43. The van der Waals surface area contributed by atoms with Gasteiger partial charge in [0.2, 0.25) is 0 Å². The molecule has 76 valence electrons. The lowest BCUT2D eigenvalue weighted by Gasteiger charge is -2.20. The quantitative estimate of drug-likeness (QED) is 0.654. The Hall–Kier alpha value is -1.41. The van der Waals surface area contributed by atoms with Gasteiger partial charge in [-0.2, -0.15) is 5.26 Å². The summed E-state index contributed by atoms with van der Waals surface area (Å²) in [7, 11) is 0. The Kier molecular flexibility index (Phi) is 2.45. The van der Waals surface area contributed by atoms with Crippen molar-refractivity contribution < 1.29 is 9.90 Å². The first-order valence-corrected chi connectivity index (χ1v) is 5.34. The van der Waals surface area contributed by atoms with Gasteiger partial charge in [0.1, 0.15) is 6.07 Å². The van der Waals surface area contributed by atoms with Gasteiger partial charge in [-0.15, -0.1) is 0 Å². The summed E-state index contributed by atoms with van der Waals surface area (Å²) in [5.41, 5.74) is 0.850. The van der Waals surface area contributed by atoms with Crippen molar-refractivity contribution in [1.29, 1.82) is 5.26 Å². The van der Waals surface area contributed by atoms with Gasteiger partial charge in [0, 0.05) is 11.4 Å². The fourth-order valence-electron chi connectivity index (χ4n) is 1.58. The number of ketones is 1. The summed E-state index contributed by atoms with van der Waals surface area (Å²) in [5, 5.41) is 19.9. The average Bonchev–Trinajstić information content (AvgIpc) is 2.23. The Bertz CT molecular complexity index is 479. The van der Waals surface area contributed by atoms with Gasteiger partial charge in [-0.05, 0) is 18.9 Å². The number of pyridine rings is 1. The molecule has 2 rings (SSSR count). The highest BCUT2D eigenvalue weighted by Gasteiger charge is 2.26. The van der Waals surface area contributed by atoms with E-state index in [2.05, 4.69) is 20.9 Å². The Morgan fingerprint density at radius 1 is 1.67 bits per heavy atom. The van der Waals surface area contributed by atoms with Crippen LogP contribution >= 0.6 is 15.9 Å². The van der Waals surface area contributed by atoms with E-state index in [0.29, 0.717) is 24.1 Å². The summed E-state index contributed by atoms with van der Waals surface area (Å²) in [4.78, 5) is 15.2. The van der Waals surface area contributed by atoms with Crippen molar-refractivity contribution in [2.75, 3.05) is 0 Å². The zero-order valence-corrected chi connectivity index (χ0v) is 9.24. The number of rotatable bonds is 0. The number of nitriles is 1. The minimum absolute atomic E-state index is 0.0660. The average molecular weight is 266 g/mol. The number of Topliss-reactive ketones (excluding diaryl/α,β-unsaturated/α-hetero) is 1. The van der Waals surface area contributed by atoms with Crippen LogP contribution in [-0.4, -0.2) is 15.6 Å². The molecule has 1 aliphatic rings. The van der Waals surface area contributed by atoms with Gasteiger partial charge in [0.15, 0.2) is 5.78 Å². The molecule has 0 radical (unpaired) electrons. The third-order valence-electron chi connectivity index (χ3n) is 2.37. The molecule has 4 nitrogen and oxygen atoms in total. The zero-order chi connectivity index (χ0) is 11.0. The van der Waals surface area contributed by atoms with Gasteiger partial charge in [-0.1, -0.05) is 15.9 Å². The predicted octanol–water partition coefficient (Wildman–Crippen LogP) is 0.919. The predicted molar refractivity (Wildman–Crippen MR) is 53.8 cm³/mol. The first kappa shape index (κ1) is 10.1. The fraction of sp³-hybridized carbons (Fsp3) is 0.300. The summed E-state index contributed by atoms with van der Waals surface area (Å²) in [5.74, 6) is -0.641. The molecule has 1 heterocycles. The molecule has 0 fully saturated rings. The number of aromatic nitrogens is 1. The molecular formula is C10H6BrN2O2-. The van der Waals surface area contributed by atoms with Gasteiger partial charge in [0.05, 0.1) is 16.1 Å². The third-order valence-corrected chi connectivity index (χ3v) is 3.25. The van der Waals surface area contributed by atoms with Crippen LogP contribution in [0.5, 0.6) is 5.88 Å². The fourth-order valence-corrected chi connectivity index (χ4v) is 2.06. The van der Waals surface area contributed by atoms with Gasteiger partial charge in [0.25, 0.3) is 0 Å². The molecule has 15 heavy (non-hydrogen) atoms. The van der Waals surface area contributed by atoms with Crippen LogP contribution in [0, 0.1) is 11.3 Å². The Morgan fingerprint density at radius 2 is 2.40 bits per heavy atom. The van der Waals surface area contributed by atoms with Gasteiger partial charge in [-0.25, -0.2) is 0 Å². The van der Waals surface area contributed by atoms with E-state index in [-0.39, 0.29) is 16.2 Å². The molecule has 0 aliphatic heterocycles. The Balaban J connectivity index is 2.59. The molecule has 1 atom stereocenters. The molecular weight excluding hydrogens is 260 g/mol. The number of hydrogen-bond acceptors (Lipinski definition) is 4. The van der Waals surface area contributed by atoms with Gasteiger partial charge >= 0.3 is 0 Å². The Morgan fingerprint density at radius 3 is 3.07 bits per heavy atom. The number of carbonyl (C=O) groups excluding carboxylic acids is 1. The maximum Gasteiger partial charge on any atom is 0.178 e. The van der Waals surface area contributed by atoms with E-state index in [9.17, 15) is 9.90 Å². The van der Waals surface area contributed by atoms with Crippen LogP contribution < -0.4 is 5.11 Å². The van der Waals surface area contributed by atoms with Crippen LogP contribution in [0.3, 0.4) is 0 Å². The largest absolute Gasteiger partial charge is 0.858 e. The van der Waals surface area contributed by atoms with Crippen molar-refractivity contribution in [2.45, 2.75) is 17.7 Å². The lowest BCUT2D eigenvalue weighted by atomic mass is 9.94. The molecule has 1 aliphatic carbocycles. The summed E-state index contributed by atoms with van der Waals surface area (Å²) in [6, 6.07) is 3.09. The highest BCUT2D eigenvalue weighted by atomic mass is 79.9. The Labute approximate surface area is 94.7 Å². The van der Waals surface area contributed by atoms with Crippen LogP contribution in [0.15, 0.2) is 6.07 Å². The normalized spacial score (nSPS) is 19.5. The molecule has 1 aromatic heterocycles. The number of fused-ring (bicyclic) bond motifs is 1. The maximum absolute atomic E-state index is 11.7. The van der Waals surface area contributed by atoms with Crippen molar-refractivity contribution >= 4 is 21.7 Å². The highest BCUT2D eigenvalue weighted by Crippen LogP contribution is 2.27. The van der Waals surface area contributed by atoms with Crippen LogP contribution in [0.25, 0.3) is 0 Å². The summed E-state index contributed by atoms with van der Waals surface area (Å²) in [6.07, 6.45) is 1.24. The number of nitrogens with zero attached hydrogens (tertiary/aromatic N) is 2. The molecule has 0 saturated heterocycles. The van der Waals surface area contributed by atoms with E-state index in [0.717, 1.165) is 0 Å². The van der Waals surface area contributed by atoms with E-state index in [1.165, 1.54) is 6.07 Å². The SMILES string of the molecule is N#Cc1cc2c(nc1[O-])CC[C@@H](Br)C2=O. The molecule has 0 bridgehead atoms. The minimum Gasteiger partial charge on any atom is -0.858 e.